The highest BCUT2D eigenvalue weighted by Crippen LogP contribution is 2.07. The first kappa shape index (κ1) is 28.4. The van der Waals surface area contributed by atoms with Gasteiger partial charge in [0.05, 0.1) is 18.9 Å². The fraction of sp³-hybridized carbons (Fsp3) is 0.600. The number of hydrogen-bond acceptors (Lipinski definition) is 7. The minimum absolute atomic E-state index is 0.0995. The highest BCUT2D eigenvalue weighted by molar-refractivity contribution is 5.92. The summed E-state index contributed by atoms with van der Waals surface area (Å²) in [7, 11) is 0. The van der Waals surface area contributed by atoms with Crippen LogP contribution in [0.15, 0.2) is 17.5 Å². The Morgan fingerprint density at radius 2 is 1.91 bits per heavy atom. The van der Waals surface area contributed by atoms with Gasteiger partial charge in [0.1, 0.15) is 12.1 Å². The van der Waals surface area contributed by atoms with E-state index in [1.54, 1.807) is 13.8 Å². The molecule has 34 heavy (non-hydrogen) atoms. The number of aliphatic carboxylic acids is 1. The van der Waals surface area contributed by atoms with E-state index < -0.39 is 48.4 Å². The topological polar surface area (TPSA) is 244 Å². The van der Waals surface area contributed by atoms with E-state index in [0.29, 0.717) is 18.5 Å². The molecule has 0 aliphatic carbocycles. The molecule has 0 bridgehead atoms. The molecule has 0 aromatic carbocycles. The lowest BCUT2D eigenvalue weighted by molar-refractivity contribution is -0.143. The number of nitrogens with zero attached hydrogens (tertiary/aromatic N) is 2. The molecule has 0 aliphatic rings. The molecule has 0 radical (unpaired) electrons. The molecule has 4 atom stereocenters. The lowest BCUT2D eigenvalue weighted by atomic mass is 9.99. The van der Waals surface area contributed by atoms with Gasteiger partial charge in [0, 0.05) is 24.9 Å². The molecule has 4 unspecified atom stereocenters. The molecule has 0 saturated carbocycles. The summed E-state index contributed by atoms with van der Waals surface area (Å²) in [5.41, 5.74) is 17.2. The molecule has 14 heteroatoms. The number of amides is 3. The second kappa shape index (κ2) is 14.5. The minimum atomic E-state index is -1.16. The quantitative estimate of drug-likeness (QED) is 0.0751. The summed E-state index contributed by atoms with van der Waals surface area (Å²) in [6.07, 6.45) is 4.27. The molecule has 0 aliphatic heterocycles. The maximum atomic E-state index is 12.7. The zero-order valence-corrected chi connectivity index (χ0v) is 19.4. The van der Waals surface area contributed by atoms with Crippen molar-refractivity contribution in [3.8, 4) is 0 Å². The van der Waals surface area contributed by atoms with Crippen LogP contribution < -0.4 is 33.2 Å². The standard InChI is InChI=1S/C20H35N9O5/c1-3-11(2)16(19(33)34)29-15(30)9-26-18(32)14(5-4-6-25-20(22)23)28-17(31)13(21)7-12-8-24-10-27-12/h8,10-11,13-14,16H,3-7,9,21H2,1-2H3,(H,24,27)(H,26,32)(H,28,31)(H,29,30)(H,33,34)(H4,22,23,25). The van der Waals surface area contributed by atoms with Gasteiger partial charge in [-0.2, -0.15) is 0 Å². The number of aromatic amines is 1. The van der Waals surface area contributed by atoms with Crippen LogP contribution in [-0.2, 0) is 25.6 Å². The molecule has 0 saturated heterocycles. The maximum Gasteiger partial charge on any atom is 0.326 e. The van der Waals surface area contributed by atoms with Crippen LogP contribution in [0, 0.1) is 5.92 Å². The zero-order chi connectivity index (χ0) is 25.7. The van der Waals surface area contributed by atoms with Gasteiger partial charge in [0.2, 0.25) is 17.7 Å². The Balaban J connectivity index is 2.72. The van der Waals surface area contributed by atoms with Gasteiger partial charge in [-0.25, -0.2) is 9.78 Å². The van der Waals surface area contributed by atoms with Crippen molar-refractivity contribution in [3.05, 3.63) is 18.2 Å². The zero-order valence-electron chi connectivity index (χ0n) is 19.4. The van der Waals surface area contributed by atoms with Crippen molar-refractivity contribution < 1.29 is 24.3 Å². The molecule has 1 aromatic rings. The summed E-state index contributed by atoms with van der Waals surface area (Å²) in [4.78, 5) is 59.3. The number of rotatable bonds is 15. The maximum absolute atomic E-state index is 12.7. The van der Waals surface area contributed by atoms with E-state index >= 15 is 0 Å². The largest absolute Gasteiger partial charge is 0.480 e. The van der Waals surface area contributed by atoms with Gasteiger partial charge < -0.3 is 43.2 Å². The normalized spacial score (nSPS) is 14.2. The summed E-state index contributed by atoms with van der Waals surface area (Å²) >= 11 is 0. The monoisotopic (exact) mass is 481 g/mol. The molecule has 11 N–H and O–H groups in total. The van der Waals surface area contributed by atoms with E-state index in [-0.39, 0.29) is 31.3 Å². The number of nitrogens with two attached hydrogens (primary N) is 3. The second-order valence-electron chi connectivity index (χ2n) is 7.88. The lowest BCUT2D eigenvalue weighted by Crippen LogP contribution is -2.54. The summed E-state index contributed by atoms with van der Waals surface area (Å²) in [5.74, 6) is -3.41. The van der Waals surface area contributed by atoms with Crippen molar-refractivity contribution in [1.82, 2.24) is 25.9 Å². The second-order valence-corrected chi connectivity index (χ2v) is 7.88. The molecule has 0 fully saturated rings. The Morgan fingerprint density at radius 3 is 2.47 bits per heavy atom. The molecular formula is C20H35N9O5. The Kier molecular flexibility index (Phi) is 12.1. The van der Waals surface area contributed by atoms with Crippen molar-refractivity contribution in [2.75, 3.05) is 13.1 Å². The number of H-pyrrole nitrogens is 1. The van der Waals surface area contributed by atoms with Crippen molar-refractivity contribution >= 4 is 29.7 Å². The number of guanidine groups is 1. The molecule has 190 valence electrons. The van der Waals surface area contributed by atoms with Gasteiger partial charge in [0.15, 0.2) is 5.96 Å². The SMILES string of the molecule is CCC(C)C(NC(=O)CNC(=O)C(CCCN=C(N)N)NC(=O)C(N)Cc1cnc[nH]1)C(=O)O. The smallest absolute Gasteiger partial charge is 0.326 e. The Morgan fingerprint density at radius 1 is 1.21 bits per heavy atom. The van der Waals surface area contributed by atoms with E-state index in [4.69, 9.17) is 17.2 Å². The number of aromatic nitrogens is 2. The third kappa shape index (κ3) is 10.3. The van der Waals surface area contributed by atoms with E-state index in [0.717, 1.165) is 0 Å². The number of carbonyl (C=O) groups excluding carboxylic acids is 3. The number of nitrogens with one attached hydrogen (secondary N) is 4. The molecule has 1 aromatic heterocycles. The third-order valence-corrected chi connectivity index (χ3v) is 5.13. The predicted octanol–water partition coefficient (Wildman–Crippen LogP) is -2.45. The van der Waals surface area contributed by atoms with Crippen molar-refractivity contribution in [2.24, 2.45) is 28.1 Å². The van der Waals surface area contributed by atoms with Crippen molar-refractivity contribution in [1.29, 1.82) is 0 Å². The molecule has 3 amide bonds. The fourth-order valence-corrected chi connectivity index (χ4v) is 2.98. The van der Waals surface area contributed by atoms with E-state index in [9.17, 15) is 24.3 Å². The van der Waals surface area contributed by atoms with Crippen LogP contribution in [0.25, 0.3) is 0 Å². The number of carboxylic acids is 1. The van der Waals surface area contributed by atoms with Gasteiger partial charge >= 0.3 is 5.97 Å². The molecule has 1 rings (SSSR count). The van der Waals surface area contributed by atoms with Gasteiger partial charge in [-0.05, 0) is 18.8 Å². The number of hydrogen-bond donors (Lipinski definition) is 8. The van der Waals surface area contributed by atoms with Crippen LogP contribution in [0.4, 0.5) is 0 Å². The third-order valence-electron chi connectivity index (χ3n) is 5.13. The van der Waals surface area contributed by atoms with E-state index in [1.165, 1.54) is 12.5 Å². The van der Waals surface area contributed by atoms with Crippen LogP contribution in [0.3, 0.4) is 0 Å². The summed E-state index contributed by atoms with van der Waals surface area (Å²) < 4.78 is 0. The lowest BCUT2D eigenvalue weighted by Gasteiger charge is -2.22. The van der Waals surface area contributed by atoms with Gasteiger partial charge in [-0.3, -0.25) is 19.4 Å². The summed E-state index contributed by atoms with van der Waals surface area (Å²) in [6.45, 7) is 3.28. The fourth-order valence-electron chi connectivity index (χ4n) is 2.98. The van der Waals surface area contributed by atoms with Crippen LogP contribution in [0.5, 0.6) is 0 Å². The van der Waals surface area contributed by atoms with Crippen LogP contribution >= 0.6 is 0 Å². The first-order valence-electron chi connectivity index (χ1n) is 10.9. The van der Waals surface area contributed by atoms with Crippen LogP contribution in [0.1, 0.15) is 38.8 Å². The van der Waals surface area contributed by atoms with Crippen molar-refractivity contribution in [2.45, 2.75) is 57.7 Å². The first-order chi connectivity index (χ1) is 16.0. The van der Waals surface area contributed by atoms with Gasteiger partial charge in [-0.1, -0.05) is 20.3 Å². The molecule has 0 spiro atoms. The molecular weight excluding hydrogens is 446 g/mol. The number of carbonyl (C=O) groups is 4. The molecule has 14 nitrogen and oxygen atoms in total. The average Bonchev–Trinajstić information content (AvgIpc) is 3.29. The van der Waals surface area contributed by atoms with Gasteiger partial charge in [0.25, 0.3) is 0 Å². The first-order valence-corrected chi connectivity index (χ1v) is 10.9. The minimum Gasteiger partial charge on any atom is -0.480 e. The predicted molar refractivity (Wildman–Crippen MR) is 124 cm³/mol. The van der Waals surface area contributed by atoms with Crippen molar-refractivity contribution in [3.63, 3.8) is 0 Å². The summed E-state index contributed by atoms with van der Waals surface area (Å²) in [5, 5.41) is 16.7. The Hall–Kier alpha value is -3.68. The average molecular weight is 482 g/mol. The molecule has 1 heterocycles. The Labute approximate surface area is 197 Å². The highest BCUT2D eigenvalue weighted by Gasteiger charge is 2.27. The van der Waals surface area contributed by atoms with Gasteiger partial charge in [-0.15, -0.1) is 0 Å². The van der Waals surface area contributed by atoms with Crippen LogP contribution in [-0.4, -0.2) is 75.9 Å². The number of imidazole rings is 1. The summed E-state index contributed by atoms with van der Waals surface area (Å²) in [6, 6.07) is -3.03. The highest BCUT2D eigenvalue weighted by atomic mass is 16.4. The number of carboxylic acid groups (broad SMARTS) is 1. The Bertz CT molecular complexity index is 839. The number of aliphatic imine (C=N–C) groups is 1. The van der Waals surface area contributed by atoms with E-state index in [2.05, 4.69) is 30.9 Å². The van der Waals surface area contributed by atoms with E-state index in [1.807, 2.05) is 0 Å². The van der Waals surface area contributed by atoms with Crippen LogP contribution in [0.2, 0.25) is 0 Å².